The molecule has 1 aliphatic carbocycles. The monoisotopic (exact) mass is 241 g/mol. The van der Waals surface area contributed by atoms with E-state index in [2.05, 4.69) is 24.0 Å². The zero-order valence-corrected chi connectivity index (χ0v) is 10.9. The van der Waals surface area contributed by atoms with Crippen molar-refractivity contribution in [3.8, 4) is 0 Å². The molecule has 1 aliphatic rings. The number of ketones is 1. The van der Waals surface area contributed by atoms with E-state index in [1.807, 2.05) is 6.20 Å². The molecule has 1 aromatic carbocycles. The molecule has 1 heterocycles. The fourth-order valence-electron chi connectivity index (χ4n) is 2.95. The summed E-state index contributed by atoms with van der Waals surface area (Å²) >= 11 is 0. The van der Waals surface area contributed by atoms with Crippen LogP contribution in [0.5, 0.6) is 0 Å². The Morgan fingerprint density at radius 2 is 1.94 bits per heavy atom. The topological polar surface area (TPSA) is 32.9 Å². The highest BCUT2D eigenvalue weighted by Gasteiger charge is 2.15. The number of H-pyrrole nitrogens is 1. The minimum absolute atomic E-state index is 0.263. The van der Waals surface area contributed by atoms with Gasteiger partial charge in [-0.15, -0.1) is 0 Å². The van der Waals surface area contributed by atoms with Crippen LogP contribution in [0.3, 0.4) is 0 Å². The summed E-state index contributed by atoms with van der Waals surface area (Å²) in [6, 6.07) is 4.48. The van der Waals surface area contributed by atoms with Crippen molar-refractivity contribution in [3.05, 3.63) is 35.0 Å². The number of hydrogen-bond acceptors (Lipinski definition) is 1. The first-order chi connectivity index (χ1) is 8.79. The minimum atomic E-state index is 0.263. The second-order valence-electron chi connectivity index (χ2n) is 5.25. The number of Topliss-reactive ketones (excluding diaryl/α,β-unsaturated/α-hetero) is 1. The van der Waals surface area contributed by atoms with E-state index in [1.54, 1.807) is 0 Å². The van der Waals surface area contributed by atoms with Gasteiger partial charge in [0.1, 0.15) is 0 Å². The van der Waals surface area contributed by atoms with E-state index in [4.69, 9.17) is 0 Å². The SMILES string of the molecule is CCCC(=O)c1c[nH]c2cc3c(cc12)CCCC3. The smallest absolute Gasteiger partial charge is 0.165 e. The Morgan fingerprint density at radius 1 is 1.22 bits per heavy atom. The lowest BCUT2D eigenvalue weighted by atomic mass is 9.90. The molecule has 2 heteroatoms. The third-order valence-electron chi connectivity index (χ3n) is 3.92. The lowest BCUT2D eigenvalue weighted by molar-refractivity contribution is 0.0983. The van der Waals surface area contributed by atoms with Crippen molar-refractivity contribution >= 4 is 16.7 Å². The van der Waals surface area contributed by atoms with Crippen molar-refractivity contribution in [3.63, 3.8) is 0 Å². The molecule has 18 heavy (non-hydrogen) atoms. The average molecular weight is 241 g/mol. The zero-order valence-electron chi connectivity index (χ0n) is 10.9. The molecule has 94 valence electrons. The third kappa shape index (κ3) is 1.86. The van der Waals surface area contributed by atoms with Gasteiger partial charge in [0.15, 0.2) is 5.78 Å². The minimum Gasteiger partial charge on any atom is -0.360 e. The molecule has 0 unspecified atom stereocenters. The first-order valence-corrected chi connectivity index (χ1v) is 6.95. The van der Waals surface area contributed by atoms with E-state index in [1.165, 1.54) is 30.4 Å². The number of hydrogen-bond donors (Lipinski definition) is 1. The molecule has 0 fully saturated rings. The first-order valence-electron chi connectivity index (χ1n) is 6.95. The van der Waals surface area contributed by atoms with Gasteiger partial charge in [-0.05, 0) is 55.4 Å². The predicted octanol–water partition coefficient (Wildman–Crippen LogP) is 4.03. The van der Waals surface area contributed by atoms with Gasteiger partial charge in [-0.2, -0.15) is 0 Å². The molecule has 3 rings (SSSR count). The average Bonchev–Trinajstić information content (AvgIpc) is 2.79. The standard InChI is InChI=1S/C16H19NO/c1-2-5-16(18)14-10-17-15-9-12-7-4-3-6-11(12)8-13(14)15/h8-10,17H,2-7H2,1H3. The predicted molar refractivity (Wildman–Crippen MR) is 74.2 cm³/mol. The van der Waals surface area contributed by atoms with E-state index >= 15 is 0 Å². The number of aromatic nitrogens is 1. The molecule has 0 amide bonds. The summed E-state index contributed by atoms with van der Waals surface area (Å²) in [7, 11) is 0. The number of aromatic amines is 1. The van der Waals surface area contributed by atoms with Crippen LogP contribution in [-0.2, 0) is 12.8 Å². The van der Waals surface area contributed by atoms with Crippen molar-refractivity contribution in [2.75, 3.05) is 0 Å². The number of carbonyl (C=O) groups excluding carboxylic acids is 1. The maximum absolute atomic E-state index is 12.1. The summed E-state index contributed by atoms with van der Waals surface area (Å²) in [5.41, 5.74) is 4.90. The lowest BCUT2D eigenvalue weighted by Gasteiger charge is -2.15. The molecular formula is C16H19NO. The van der Waals surface area contributed by atoms with Crippen molar-refractivity contribution < 1.29 is 4.79 Å². The summed E-state index contributed by atoms with van der Waals surface area (Å²) in [5.74, 6) is 0.263. The molecule has 0 bridgehead atoms. The van der Waals surface area contributed by atoms with Crippen LogP contribution < -0.4 is 0 Å². The molecule has 1 aromatic heterocycles. The van der Waals surface area contributed by atoms with Gasteiger partial charge in [0.05, 0.1) is 0 Å². The molecule has 0 saturated heterocycles. The molecular weight excluding hydrogens is 222 g/mol. The van der Waals surface area contributed by atoms with Crippen molar-refractivity contribution in [1.82, 2.24) is 4.98 Å². The fraction of sp³-hybridized carbons (Fsp3) is 0.438. The highest BCUT2D eigenvalue weighted by atomic mass is 16.1. The Bertz CT molecular complexity index is 594. The third-order valence-corrected chi connectivity index (χ3v) is 3.92. The van der Waals surface area contributed by atoms with Gasteiger partial charge in [0.25, 0.3) is 0 Å². The highest BCUT2D eigenvalue weighted by Crippen LogP contribution is 2.28. The summed E-state index contributed by atoms with van der Waals surface area (Å²) in [4.78, 5) is 15.3. The molecule has 1 N–H and O–H groups in total. The van der Waals surface area contributed by atoms with Gasteiger partial charge in [0, 0.05) is 29.1 Å². The first kappa shape index (κ1) is 11.5. The quantitative estimate of drug-likeness (QED) is 0.808. The van der Waals surface area contributed by atoms with E-state index in [9.17, 15) is 4.79 Å². The van der Waals surface area contributed by atoms with Crippen molar-refractivity contribution in [1.29, 1.82) is 0 Å². The van der Waals surface area contributed by atoms with Crippen LogP contribution in [0.15, 0.2) is 18.3 Å². The van der Waals surface area contributed by atoms with Crippen LogP contribution in [-0.4, -0.2) is 10.8 Å². The number of fused-ring (bicyclic) bond motifs is 2. The van der Waals surface area contributed by atoms with E-state index in [-0.39, 0.29) is 5.78 Å². The molecule has 0 radical (unpaired) electrons. The van der Waals surface area contributed by atoms with Crippen LogP contribution >= 0.6 is 0 Å². The van der Waals surface area contributed by atoms with Crippen molar-refractivity contribution in [2.24, 2.45) is 0 Å². The molecule has 0 atom stereocenters. The van der Waals surface area contributed by atoms with E-state index in [0.717, 1.165) is 29.3 Å². The van der Waals surface area contributed by atoms with Gasteiger partial charge in [0.2, 0.25) is 0 Å². The van der Waals surface area contributed by atoms with Crippen LogP contribution in [0.1, 0.15) is 54.1 Å². The molecule has 2 nitrogen and oxygen atoms in total. The Labute approximate surface area is 107 Å². The Balaban J connectivity index is 2.10. The van der Waals surface area contributed by atoms with Crippen LogP contribution in [0.4, 0.5) is 0 Å². The molecule has 0 spiro atoms. The highest BCUT2D eigenvalue weighted by molar-refractivity contribution is 6.08. The van der Waals surface area contributed by atoms with E-state index in [0.29, 0.717) is 6.42 Å². The molecule has 0 saturated carbocycles. The Kier molecular flexibility index (Phi) is 2.94. The summed E-state index contributed by atoms with van der Waals surface area (Å²) < 4.78 is 0. The zero-order chi connectivity index (χ0) is 12.5. The fourth-order valence-corrected chi connectivity index (χ4v) is 2.95. The van der Waals surface area contributed by atoms with Crippen LogP contribution in [0.2, 0.25) is 0 Å². The second-order valence-corrected chi connectivity index (χ2v) is 5.25. The van der Waals surface area contributed by atoms with Gasteiger partial charge < -0.3 is 4.98 Å². The Morgan fingerprint density at radius 3 is 2.67 bits per heavy atom. The number of carbonyl (C=O) groups is 1. The van der Waals surface area contributed by atoms with Crippen LogP contribution in [0.25, 0.3) is 10.9 Å². The number of aryl methyl sites for hydroxylation is 2. The van der Waals surface area contributed by atoms with Crippen molar-refractivity contribution in [2.45, 2.75) is 45.4 Å². The van der Waals surface area contributed by atoms with Gasteiger partial charge in [-0.1, -0.05) is 6.92 Å². The van der Waals surface area contributed by atoms with Gasteiger partial charge in [-0.3, -0.25) is 4.79 Å². The number of benzene rings is 1. The second kappa shape index (κ2) is 4.60. The maximum atomic E-state index is 12.1. The summed E-state index contributed by atoms with van der Waals surface area (Å²) in [6.07, 6.45) is 8.36. The normalized spacial score (nSPS) is 14.7. The maximum Gasteiger partial charge on any atom is 0.165 e. The summed E-state index contributed by atoms with van der Waals surface area (Å²) in [5, 5.41) is 1.12. The van der Waals surface area contributed by atoms with Gasteiger partial charge >= 0.3 is 0 Å². The largest absolute Gasteiger partial charge is 0.360 e. The summed E-state index contributed by atoms with van der Waals surface area (Å²) in [6.45, 7) is 2.05. The molecule has 2 aromatic rings. The number of nitrogens with one attached hydrogen (secondary N) is 1. The number of rotatable bonds is 3. The molecule has 0 aliphatic heterocycles. The lowest BCUT2D eigenvalue weighted by Crippen LogP contribution is -2.03. The Hall–Kier alpha value is -1.57. The van der Waals surface area contributed by atoms with Gasteiger partial charge in [-0.25, -0.2) is 0 Å². The van der Waals surface area contributed by atoms with Crippen LogP contribution in [0, 0.1) is 0 Å². The van der Waals surface area contributed by atoms with E-state index < -0.39 is 0 Å².